The third-order valence-corrected chi connectivity index (χ3v) is 5.20. The standard InChI is InChI=1S/C21H23ClN2O4/c1-2-26-18-6-4-3-5-17(18)23-7-9-24(10-8-23)21(25)15-13-16(22)20-19(14-15)27-11-12-28-20/h3-6,13-14H,2,7-12H2,1H3. The smallest absolute Gasteiger partial charge is 0.254 e. The minimum absolute atomic E-state index is 0.0448. The lowest BCUT2D eigenvalue weighted by Gasteiger charge is -2.36. The average molecular weight is 403 g/mol. The molecule has 28 heavy (non-hydrogen) atoms. The van der Waals surface area contributed by atoms with Crippen molar-refractivity contribution in [1.29, 1.82) is 0 Å². The number of benzene rings is 2. The second kappa shape index (κ2) is 8.19. The van der Waals surface area contributed by atoms with Crippen molar-refractivity contribution in [3.63, 3.8) is 0 Å². The normalized spacial score (nSPS) is 16.1. The fourth-order valence-electron chi connectivity index (χ4n) is 3.56. The van der Waals surface area contributed by atoms with E-state index < -0.39 is 0 Å². The number of ether oxygens (including phenoxy) is 3. The van der Waals surface area contributed by atoms with Crippen molar-refractivity contribution in [1.82, 2.24) is 4.90 Å². The third-order valence-electron chi connectivity index (χ3n) is 4.92. The number of nitrogens with zero attached hydrogens (tertiary/aromatic N) is 2. The SMILES string of the molecule is CCOc1ccccc1N1CCN(C(=O)c2cc(Cl)c3c(c2)OCCO3)CC1. The first-order chi connectivity index (χ1) is 13.7. The van der Waals surface area contributed by atoms with Crippen LogP contribution in [0.5, 0.6) is 17.2 Å². The zero-order chi connectivity index (χ0) is 19.5. The summed E-state index contributed by atoms with van der Waals surface area (Å²) in [6.45, 7) is 6.27. The molecule has 2 aliphatic heterocycles. The van der Waals surface area contributed by atoms with Crippen molar-refractivity contribution >= 4 is 23.2 Å². The number of piperazine rings is 1. The van der Waals surface area contributed by atoms with Crippen LogP contribution in [0, 0.1) is 0 Å². The molecule has 2 aliphatic rings. The molecule has 1 amide bonds. The molecule has 1 fully saturated rings. The Morgan fingerprint density at radius 1 is 1.11 bits per heavy atom. The molecule has 0 atom stereocenters. The van der Waals surface area contributed by atoms with Crippen LogP contribution in [0.15, 0.2) is 36.4 Å². The van der Waals surface area contributed by atoms with E-state index >= 15 is 0 Å². The van der Waals surface area contributed by atoms with Gasteiger partial charge in [0.05, 0.1) is 17.3 Å². The predicted molar refractivity (Wildman–Crippen MR) is 108 cm³/mol. The Bertz CT molecular complexity index is 865. The van der Waals surface area contributed by atoms with E-state index in [0.29, 0.717) is 55.0 Å². The number of anilines is 1. The van der Waals surface area contributed by atoms with E-state index in [1.165, 1.54) is 0 Å². The third kappa shape index (κ3) is 3.69. The van der Waals surface area contributed by atoms with Gasteiger partial charge in [-0.25, -0.2) is 0 Å². The van der Waals surface area contributed by atoms with Crippen LogP contribution >= 0.6 is 11.6 Å². The topological polar surface area (TPSA) is 51.2 Å². The molecular weight excluding hydrogens is 380 g/mol. The molecule has 2 aromatic rings. The number of carbonyl (C=O) groups excluding carboxylic acids is 1. The minimum atomic E-state index is -0.0448. The maximum Gasteiger partial charge on any atom is 0.254 e. The van der Waals surface area contributed by atoms with Crippen molar-refractivity contribution in [2.75, 3.05) is 50.9 Å². The van der Waals surface area contributed by atoms with E-state index in [9.17, 15) is 4.79 Å². The van der Waals surface area contributed by atoms with Crippen LogP contribution < -0.4 is 19.1 Å². The van der Waals surface area contributed by atoms with Crippen LogP contribution in [0.4, 0.5) is 5.69 Å². The summed E-state index contributed by atoms with van der Waals surface area (Å²) in [7, 11) is 0. The molecular formula is C21H23ClN2O4. The van der Waals surface area contributed by atoms with Crippen LogP contribution in [0.2, 0.25) is 5.02 Å². The maximum absolute atomic E-state index is 13.0. The predicted octanol–water partition coefficient (Wildman–Crippen LogP) is 3.47. The van der Waals surface area contributed by atoms with Crippen LogP contribution in [0.1, 0.15) is 17.3 Å². The van der Waals surface area contributed by atoms with Gasteiger partial charge in [0.25, 0.3) is 5.91 Å². The lowest BCUT2D eigenvalue weighted by Crippen LogP contribution is -2.48. The summed E-state index contributed by atoms with van der Waals surface area (Å²) in [6.07, 6.45) is 0. The van der Waals surface area contributed by atoms with Gasteiger partial charge in [-0.15, -0.1) is 0 Å². The molecule has 0 bridgehead atoms. The van der Waals surface area contributed by atoms with E-state index in [1.54, 1.807) is 12.1 Å². The van der Waals surface area contributed by atoms with E-state index in [4.69, 9.17) is 25.8 Å². The number of fused-ring (bicyclic) bond motifs is 1. The fourth-order valence-corrected chi connectivity index (χ4v) is 3.83. The molecule has 2 aromatic carbocycles. The summed E-state index contributed by atoms with van der Waals surface area (Å²) in [6, 6.07) is 11.4. The van der Waals surface area contributed by atoms with E-state index in [1.807, 2.05) is 30.0 Å². The van der Waals surface area contributed by atoms with Gasteiger partial charge in [-0.1, -0.05) is 23.7 Å². The summed E-state index contributed by atoms with van der Waals surface area (Å²) in [5.74, 6) is 1.88. The van der Waals surface area contributed by atoms with Gasteiger partial charge in [-0.05, 0) is 31.2 Å². The van der Waals surface area contributed by atoms with Gasteiger partial charge >= 0.3 is 0 Å². The Balaban J connectivity index is 1.46. The van der Waals surface area contributed by atoms with E-state index in [0.717, 1.165) is 24.5 Å². The molecule has 0 saturated carbocycles. The molecule has 0 N–H and O–H groups in total. The zero-order valence-corrected chi connectivity index (χ0v) is 16.6. The number of para-hydroxylation sites is 2. The van der Waals surface area contributed by atoms with Crippen molar-refractivity contribution in [2.24, 2.45) is 0 Å². The monoisotopic (exact) mass is 402 g/mol. The van der Waals surface area contributed by atoms with Gasteiger partial charge in [-0.3, -0.25) is 4.79 Å². The van der Waals surface area contributed by atoms with Crippen LogP contribution in [0.3, 0.4) is 0 Å². The van der Waals surface area contributed by atoms with Crippen LogP contribution in [-0.2, 0) is 0 Å². The summed E-state index contributed by atoms with van der Waals surface area (Å²) in [5.41, 5.74) is 1.59. The van der Waals surface area contributed by atoms with Gasteiger partial charge in [0.1, 0.15) is 19.0 Å². The first-order valence-electron chi connectivity index (χ1n) is 9.52. The van der Waals surface area contributed by atoms with E-state index in [2.05, 4.69) is 11.0 Å². The second-order valence-corrected chi connectivity index (χ2v) is 7.07. The van der Waals surface area contributed by atoms with Gasteiger partial charge in [0.15, 0.2) is 11.5 Å². The number of rotatable bonds is 4. The molecule has 4 rings (SSSR count). The highest BCUT2D eigenvalue weighted by atomic mass is 35.5. The minimum Gasteiger partial charge on any atom is -0.492 e. The molecule has 0 unspecified atom stereocenters. The van der Waals surface area contributed by atoms with Crippen LogP contribution in [0.25, 0.3) is 0 Å². The summed E-state index contributed by atoms with van der Waals surface area (Å²) in [5, 5.41) is 0.407. The van der Waals surface area contributed by atoms with Gasteiger partial charge in [0.2, 0.25) is 0 Å². The first kappa shape index (κ1) is 18.7. The highest BCUT2D eigenvalue weighted by molar-refractivity contribution is 6.32. The number of halogens is 1. The average Bonchev–Trinajstić information content (AvgIpc) is 2.74. The lowest BCUT2D eigenvalue weighted by atomic mass is 10.1. The van der Waals surface area contributed by atoms with Crippen molar-refractivity contribution < 1.29 is 19.0 Å². The summed E-state index contributed by atoms with van der Waals surface area (Å²) in [4.78, 5) is 17.1. The quantitative estimate of drug-likeness (QED) is 0.783. The molecule has 0 aromatic heterocycles. The Labute approximate surface area is 169 Å². The Morgan fingerprint density at radius 2 is 1.86 bits per heavy atom. The maximum atomic E-state index is 13.0. The number of hydrogen-bond acceptors (Lipinski definition) is 5. The molecule has 0 aliphatic carbocycles. The van der Waals surface area contributed by atoms with Gasteiger partial charge in [0, 0.05) is 31.7 Å². The summed E-state index contributed by atoms with van der Waals surface area (Å²) < 4.78 is 16.9. The highest BCUT2D eigenvalue weighted by Gasteiger charge is 2.26. The molecule has 0 radical (unpaired) electrons. The zero-order valence-electron chi connectivity index (χ0n) is 15.8. The Morgan fingerprint density at radius 3 is 2.64 bits per heavy atom. The largest absolute Gasteiger partial charge is 0.492 e. The molecule has 148 valence electrons. The number of hydrogen-bond donors (Lipinski definition) is 0. The lowest BCUT2D eigenvalue weighted by molar-refractivity contribution is 0.0745. The van der Waals surface area contributed by atoms with Crippen LogP contribution in [-0.4, -0.2) is 56.8 Å². The molecule has 7 heteroatoms. The highest BCUT2D eigenvalue weighted by Crippen LogP contribution is 2.38. The first-order valence-corrected chi connectivity index (χ1v) is 9.90. The molecule has 1 saturated heterocycles. The Kier molecular flexibility index (Phi) is 5.48. The summed E-state index contributed by atoms with van der Waals surface area (Å²) >= 11 is 6.28. The molecule has 2 heterocycles. The van der Waals surface area contributed by atoms with Crippen molar-refractivity contribution in [3.8, 4) is 17.2 Å². The van der Waals surface area contributed by atoms with Gasteiger partial charge in [-0.2, -0.15) is 0 Å². The molecule has 6 nitrogen and oxygen atoms in total. The van der Waals surface area contributed by atoms with Crippen molar-refractivity contribution in [2.45, 2.75) is 6.92 Å². The Hall–Kier alpha value is -2.60. The second-order valence-electron chi connectivity index (χ2n) is 6.66. The van der Waals surface area contributed by atoms with Crippen molar-refractivity contribution in [3.05, 3.63) is 47.0 Å². The van der Waals surface area contributed by atoms with Gasteiger partial charge < -0.3 is 24.0 Å². The molecule has 0 spiro atoms. The number of carbonyl (C=O) groups is 1. The fraction of sp³-hybridized carbons (Fsp3) is 0.381. The number of amides is 1. The van der Waals surface area contributed by atoms with E-state index in [-0.39, 0.29) is 5.91 Å².